The highest BCUT2D eigenvalue weighted by Gasteiger charge is 2.26. The Balaban J connectivity index is 2.13. The fraction of sp³-hybridized carbons (Fsp3) is 0.700. The summed E-state index contributed by atoms with van der Waals surface area (Å²) in [7, 11) is 0. The van der Waals surface area contributed by atoms with Gasteiger partial charge in [0.2, 0.25) is 0 Å². The van der Waals surface area contributed by atoms with Crippen LogP contribution in [-0.2, 0) is 0 Å². The monoisotopic (exact) mass is 240 g/mol. The molecular formula is C10H16N4O3. The van der Waals surface area contributed by atoms with Gasteiger partial charge in [-0.15, -0.1) is 5.10 Å². The SMILES string of the molecule is NCC1CCCCC1Oc1n[nH]c(=O)[nH]c1=O. The number of rotatable bonds is 3. The third kappa shape index (κ3) is 2.73. The summed E-state index contributed by atoms with van der Waals surface area (Å²) >= 11 is 0. The number of H-pyrrole nitrogens is 2. The first kappa shape index (κ1) is 11.8. The van der Waals surface area contributed by atoms with Crippen LogP contribution in [0.4, 0.5) is 0 Å². The maximum atomic E-state index is 11.4. The fourth-order valence-corrected chi connectivity index (χ4v) is 2.16. The van der Waals surface area contributed by atoms with E-state index in [-0.39, 0.29) is 17.9 Å². The van der Waals surface area contributed by atoms with Gasteiger partial charge in [-0.25, -0.2) is 9.89 Å². The van der Waals surface area contributed by atoms with Gasteiger partial charge in [-0.2, -0.15) is 0 Å². The van der Waals surface area contributed by atoms with Gasteiger partial charge in [0.1, 0.15) is 6.10 Å². The first-order valence-corrected chi connectivity index (χ1v) is 5.76. The molecule has 2 rings (SSSR count). The number of nitrogens with two attached hydrogens (primary N) is 1. The molecule has 0 radical (unpaired) electrons. The van der Waals surface area contributed by atoms with E-state index >= 15 is 0 Å². The standard InChI is InChI=1S/C10H16N4O3/c11-5-6-3-1-2-4-7(6)17-9-8(15)12-10(16)14-13-9/h6-7H,1-5,11H2,(H2,12,14,15,16). The van der Waals surface area contributed by atoms with Crippen LogP contribution in [0.5, 0.6) is 5.88 Å². The fourth-order valence-electron chi connectivity index (χ4n) is 2.16. The van der Waals surface area contributed by atoms with Gasteiger partial charge in [0.05, 0.1) is 0 Å². The van der Waals surface area contributed by atoms with Crippen molar-refractivity contribution in [1.82, 2.24) is 15.2 Å². The number of nitrogens with zero attached hydrogens (tertiary/aromatic N) is 1. The first-order chi connectivity index (χ1) is 8.20. The largest absolute Gasteiger partial charge is 0.469 e. The maximum Gasteiger partial charge on any atom is 0.342 e. The van der Waals surface area contributed by atoms with Crippen LogP contribution in [-0.4, -0.2) is 27.8 Å². The zero-order chi connectivity index (χ0) is 12.3. The second kappa shape index (κ2) is 5.13. The van der Waals surface area contributed by atoms with Gasteiger partial charge in [-0.05, 0) is 25.8 Å². The molecule has 17 heavy (non-hydrogen) atoms. The molecule has 1 fully saturated rings. The number of aromatic amines is 2. The molecule has 0 spiro atoms. The zero-order valence-electron chi connectivity index (χ0n) is 9.44. The van der Waals surface area contributed by atoms with Crippen LogP contribution in [0.2, 0.25) is 0 Å². The first-order valence-electron chi connectivity index (χ1n) is 5.76. The third-order valence-electron chi connectivity index (χ3n) is 3.09. The van der Waals surface area contributed by atoms with Gasteiger partial charge >= 0.3 is 11.2 Å². The Morgan fingerprint density at radius 3 is 2.82 bits per heavy atom. The summed E-state index contributed by atoms with van der Waals surface area (Å²) in [6.07, 6.45) is 3.97. The van der Waals surface area contributed by atoms with Crippen LogP contribution in [0.25, 0.3) is 0 Å². The number of nitrogens with one attached hydrogen (secondary N) is 2. The molecule has 1 heterocycles. The highest BCUT2D eigenvalue weighted by atomic mass is 16.5. The quantitative estimate of drug-likeness (QED) is 0.650. The van der Waals surface area contributed by atoms with Gasteiger partial charge in [0, 0.05) is 5.92 Å². The number of hydrogen-bond acceptors (Lipinski definition) is 5. The number of aromatic nitrogens is 3. The Morgan fingerprint density at radius 2 is 2.12 bits per heavy atom. The van der Waals surface area contributed by atoms with E-state index in [0.717, 1.165) is 25.7 Å². The minimum atomic E-state index is -0.638. The molecule has 0 aromatic carbocycles. The van der Waals surface area contributed by atoms with Crippen molar-refractivity contribution >= 4 is 0 Å². The molecule has 2 atom stereocenters. The highest BCUT2D eigenvalue weighted by Crippen LogP contribution is 2.25. The van der Waals surface area contributed by atoms with E-state index in [2.05, 4.69) is 15.2 Å². The van der Waals surface area contributed by atoms with E-state index in [0.29, 0.717) is 6.54 Å². The Bertz CT molecular complexity index is 481. The van der Waals surface area contributed by atoms with Crippen molar-refractivity contribution in [2.45, 2.75) is 31.8 Å². The lowest BCUT2D eigenvalue weighted by Gasteiger charge is -2.30. The van der Waals surface area contributed by atoms with E-state index in [1.807, 2.05) is 0 Å². The van der Waals surface area contributed by atoms with Crippen molar-refractivity contribution in [2.75, 3.05) is 6.54 Å². The van der Waals surface area contributed by atoms with Crippen LogP contribution in [0.15, 0.2) is 9.59 Å². The molecule has 94 valence electrons. The second-order valence-electron chi connectivity index (χ2n) is 4.25. The van der Waals surface area contributed by atoms with Crippen LogP contribution in [0.3, 0.4) is 0 Å². The van der Waals surface area contributed by atoms with Crippen molar-refractivity contribution in [3.63, 3.8) is 0 Å². The van der Waals surface area contributed by atoms with Crippen molar-refractivity contribution in [1.29, 1.82) is 0 Å². The van der Waals surface area contributed by atoms with Gasteiger partial charge in [0.25, 0.3) is 5.88 Å². The predicted octanol–water partition coefficient (Wildman–Crippen LogP) is -0.645. The molecule has 0 bridgehead atoms. The topological polar surface area (TPSA) is 114 Å². The summed E-state index contributed by atoms with van der Waals surface area (Å²) in [5.74, 6) is 0.159. The molecule has 0 amide bonds. The van der Waals surface area contributed by atoms with Crippen LogP contribution in [0.1, 0.15) is 25.7 Å². The minimum absolute atomic E-state index is 0.0880. The second-order valence-corrected chi connectivity index (χ2v) is 4.25. The van der Waals surface area contributed by atoms with E-state index in [1.165, 1.54) is 0 Å². The maximum absolute atomic E-state index is 11.4. The Kier molecular flexibility index (Phi) is 3.58. The van der Waals surface area contributed by atoms with Crippen molar-refractivity contribution in [2.24, 2.45) is 11.7 Å². The summed E-state index contributed by atoms with van der Waals surface area (Å²) in [5.41, 5.74) is 4.43. The predicted molar refractivity (Wildman–Crippen MR) is 60.9 cm³/mol. The number of ether oxygens (including phenoxy) is 1. The zero-order valence-corrected chi connectivity index (χ0v) is 9.44. The molecule has 0 aliphatic heterocycles. The molecule has 1 aromatic rings. The van der Waals surface area contributed by atoms with Crippen LogP contribution < -0.4 is 21.7 Å². The highest BCUT2D eigenvalue weighted by molar-refractivity contribution is 5.01. The molecule has 4 N–H and O–H groups in total. The Hall–Kier alpha value is -1.63. The summed E-state index contributed by atoms with van der Waals surface area (Å²) in [6, 6.07) is 0. The molecule has 1 saturated carbocycles. The number of hydrogen-bond donors (Lipinski definition) is 3. The summed E-state index contributed by atoms with van der Waals surface area (Å²) in [4.78, 5) is 24.3. The summed E-state index contributed by atoms with van der Waals surface area (Å²) in [5, 5.41) is 5.74. The van der Waals surface area contributed by atoms with E-state index in [4.69, 9.17) is 10.5 Å². The lowest BCUT2D eigenvalue weighted by Crippen LogP contribution is -2.37. The average Bonchev–Trinajstić information content (AvgIpc) is 2.33. The van der Waals surface area contributed by atoms with Gasteiger partial charge in [-0.1, -0.05) is 6.42 Å². The molecule has 1 aliphatic carbocycles. The molecule has 0 saturated heterocycles. The average molecular weight is 240 g/mol. The molecular weight excluding hydrogens is 224 g/mol. The summed E-state index contributed by atoms with van der Waals surface area (Å²) in [6.45, 7) is 0.534. The van der Waals surface area contributed by atoms with Crippen LogP contribution in [0, 0.1) is 5.92 Å². The van der Waals surface area contributed by atoms with Crippen molar-refractivity contribution in [3.8, 4) is 5.88 Å². The molecule has 2 unspecified atom stereocenters. The lowest BCUT2D eigenvalue weighted by molar-refractivity contribution is 0.0891. The molecule has 7 heteroatoms. The minimum Gasteiger partial charge on any atom is -0.469 e. The van der Waals surface area contributed by atoms with Gasteiger partial charge < -0.3 is 10.5 Å². The van der Waals surface area contributed by atoms with E-state index in [1.54, 1.807) is 0 Å². The summed E-state index contributed by atoms with van der Waals surface area (Å²) < 4.78 is 5.54. The molecule has 1 aliphatic rings. The lowest BCUT2D eigenvalue weighted by atomic mass is 9.86. The van der Waals surface area contributed by atoms with Crippen molar-refractivity contribution in [3.05, 3.63) is 20.8 Å². The molecule has 1 aromatic heterocycles. The van der Waals surface area contributed by atoms with Crippen LogP contribution >= 0.6 is 0 Å². The van der Waals surface area contributed by atoms with Gasteiger partial charge in [-0.3, -0.25) is 9.78 Å². The van der Waals surface area contributed by atoms with E-state index < -0.39 is 11.2 Å². The Morgan fingerprint density at radius 1 is 1.35 bits per heavy atom. The van der Waals surface area contributed by atoms with E-state index in [9.17, 15) is 9.59 Å². The Labute approximate surface area is 97.4 Å². The molecule has 7 nitrogen and oxygen atoms in total. The third-order valence-corrected chi connectivity index (χ3v) is 3.09. The smallest absolute Gasteiger partial charge is 0.342 e. The normalized spacial score (nSPS) is 24.5. The van der Waals surface area contributed by atoms with Crippen molar-refractivity contribution < 1.29 is 4.74 Å². The van der Waals surface area contributed by atoms with Gasteiger partial charge in [0.15, 0.2) is 0 Å².